The maximum Gasteiger partial charge on any atom is 0.251 e. The fraction of sp³-hybridized carbons (Fsp3) is 0.481. The number of rotatable bonds is 5. The van der Waals surface area contributed by atoms with E-state index in [4.69, 9.17) is 9.47 Å². The van der Waals surface area contributed by atoms with Gasteiger partial charge in [0.05, 0.1) is 6.04 Å². The standard InChI is InChI=1S/C27H32N2O4/c1-19-21-16-23-24(33-15-14-32-23)17-22(21)27(11-5-6-12-27)18-29(19)25(30)10-7-13-28-26(31)20-8-3-2-4-9-20/h2-4,8-9,16-17,19H,5-7,10-15,18H2,1H3,(H,28,31). The third-order valence-electron chi connectivity index (χ3n) is 7.45. The van der Waals surface area contributed by atoms with Gasteiger partial charge in [-0.15, -0.1) is 0 Å². The molecule has 3 aliphatic rings. The lowest BCUT2D eigenvalue weighted by Gasteiger charge is -2.46. The van der Waals surface area contributed by atoms with E-state index in [0.29, 0.717) is 38.2 Å². The van der Waals surface area contributed by atoms with Crippen molar-refractivity contribution >= 4 is 11.8 Å². The van der Waals surface area contributed by atoms with Crippen molar-refractivity contribution in [2.24, 2.45) is 0 Å². The van der Waals surface area contributed by atoms with Gasteiger partial charge in [-0.3, -0.25) is 9.59 Å². The molecule has 6 nitrogen and oxygen atoms in total. The minimum atomic E-state index is -0.0970. The van der Waals surface area contributed by atoms with Crippen LogP contribution in [0.4, 0.5) is 0 Å². The number of ether oxygens (including phenoxy) is 2. The van der Waals surface area contributed by atoms with Gasteiger partial charge in [0.1, 0.15) is 13.2 Å². The first-order chi connectivity index (χ1) is 16.1. The van der Waals surface area contributed by atoms with E-state index in [-0.39, 0.29) is 23.3 Å². The number of fused-ring (bicyclic) bond motifs is 3. The third kappa shape index (κ3) is 4.19. The highest BCUT2D eigenvalue weighted by atomic mass is 16.6. The van der Waals surface area contributed by atoms with Crippen LogP contribution in [-0.4, -0.2) is 43.0 Å². The van der Waals surface area contributed by atoms with Crippen LogP contribution < -0.4 is 14.8 Å². The highest BCUT2D eigenvalue weighted by Gasteiger charge is 2.46. The number of amides is 2. The van der Waals surface area contributed by atoms with Gasteiger partial charge < -0.3 is 19.7 Å². The second-order valence-corrected chi connectivity index (χ2v) is 9.49. The van der Waals surface area contributed by atoms with Gasteiger partial charge in [-0.1, -0.05) is 31.0 Å². The van der Waals surface area contributed by atoms with Gasteiger partial charge >= 0.3 is 0 Å². The summed E-state index contributed by atoms with van der Waals surface area (Å²) in [6.45, 7) is 4.51. The number of nitrogens with one attached hydrogen (secondary N) is 1. The van der Waals surface area contributed by atoms with E-state index in [0.717, 1.165) is 30.9 Å². The Balaban J connectivity index is 1.28. The number of carbonyl (C=O) groups is 2. The van der Waals surface area contributed by atoms with Crippen LogP contribution in [0.5, 0.6) is 11.5 Å². The Labute approximate surface area is 195 Å². The van der Waals surface area contributed by atoms with Crippen LogP contribution in [0, 0.1) is 0 Å². The van der Waals surface area contributed by atoms with Crippen LogP contribution in [0.15, 0.2) is 42.5 Å². The number of benzene rings is 2. The van der Waals surface area contributed by atoms with Gasteiger partial charge in [0, 0.05) is 30.5 Å². The lowest BCUT2D eigenvalue weighted by atomic mass is 9.71. The molecule has 2 aliphatic heterocycles. The van der Waals surface area contributed by atoms with Crippen LogP contribution in [0.3, 0.4) is 0 Å². The molecule has 1 unspecified atom stereocenters. The number of hydrogen-bond acceptors (Lipinski definition) is 4. The van der Waals surface area contributed by atoms with Gasteiger partial charge in [0.25, 0.3) is 5.91 Å². The second-order valence-electron chi connectivity index (χ2n) is 9.49. The predicted octanol–water partition coefficient (Wildman–Crippen LogP) is 4.38. The van der Waals surface area contributed by atoms with Crippen molar-refractivity contribution < 1.29 is 19.1 Å². The van der Waals surface area contributed by atoms with E-state index in [1.54, 1.807) is 12.1 Å². The van der Waals surface area contributed by atoms with Gasteiger partial charge in [-0.2, -0.15) is 0 Å². The summed E-state index contributed by atoms with van der Waals surface area (Å²) in [6.07, 6.45) is 5.63. The van der Waals surface area contributed by atoms with Crippen molar-refractivity contribution in [1.29, 1.82) is 0 Å². The largest absolute Gasteiger partial charge is 0.486 e. The zero-order valence-electron chi connectivity index (χ0n) is 19.3. The summed E-state index contributed by atoms with van der Waals surface area (Å²) < 4.78 is 11.7. The number of nitrogens with zero attached hydrogens (tertiary/aromatic N) is 1. The fourth-order valence-corrected chi connectivity index (χ4v) is 5.69. The molecule has 33 heavy (non-hydrogen) atoms. The van der Waals surface area contributed by atoms with Crippen molar-refractivity contribution in [2.45, 2.75) is 56.9 Å². The Bertz CT molecular complexity index is 1030. The molecule has 1 fully saturated rings. The van der Waals surface area contributed by atoms with Crippen molar-refractivity contribution in [1.82, 2.24) is 10.2 Å². The minimum Gasteiger partial charge on any atom is -0.486 e. The van der Waals surface area contributed by atoms with Crippen LogP contribution in [0.2, 0.25) is 0 Å². The normalized spacial score (nSPS) is 20.4. The van der Waals surface area contributed by atoms with E-state index in [2.05, 4.69) is 29.3 Å². The smallest absolute Gasteiger partial charge is 0.251 e. The van der Waals surface area contributed by atoms with Crippen molar-refractivity contribution in [3.8, 4) is 11.5 Å². The molecule has 0 bridgehead atoms. The molecule has 2 amide bonds. The quantitative estimate of drug-likeness (QED) is 0.689. The maximum absolute atomic E-state index is 13.3. The summed E-state index contributed by atoms with van der Waals surface area (Å²) in [7, 11) is 0. The van der Waals surface area contributed by atoms with Crippen molar-refractivity contribution in [3.05, 3.63) is 59.2 Å². The van der Waals surface area contributed by atoms with Gasteiger partial charge in [0.15, 0.2) is 11.5 Å². The summed E-state index contributed by atoms with van der Waals surface area (Å²) in [5.41, 5.74) is 3.19. The topological polar surface area (TPSA) is 67.9 Å². The Morgan fingerprint density at radius 2 is 1.76 bits per heavy atom. The average molecular weight is 449 g/mol. The molecule has 0 aromatic heterocycles. The number of carbonyl (C=O) groups excluding carboxylic acids is 2. The predicted molar refractivity (Wildman–Crippen MR) is 126 cm³/mol. The lowest BCUT2D eigenvalue weighted by Crippen LogP contribution is -2.48. The van der Waals surface area contributed by atoms with Crippen molar-refractivity contribution in [2.75, 3.05) is 26.3 Å². The second kappa shape index (κ2) is 9.08. The third-order valence-corrected chi connectivity index (χ3v) is 7.45. The molecule has 0 saturated heterocycles. The molecule has 2 aromatic rings. The first-order valence-corrected chi connectivity index (χ1v) is 12.1. The monoisotopic (exact) mass is 448 g/mol. The molecule has 1 aliphatic carbocycles. The molecule has 2 heterocycles. The van der Waals surface area contributed by atoms with Gasteiger partial charge in [-0.25, -0.2) is 0 Å². The van der Waals surface area contributed by atoms with E-state index in [9.17, 15) is 9.59 Å². The summed E-state index contributed by atoms with van der Waals surface area (Å²) >= 11 is 0. The highest BCUT2D eigenvalue weighted by Crippen LogP contribution is 2.52. The first kappa shape index (κ1) is 21.8. The fourth-order valence-electron chi connectivity index (χ4n) is 5.69. The number of hydrogen-bond donors (Lipinski definition) is 1. The Morgan fingerprint density at radius 3 is 2.48 bits per heavy atom. The molecular weight excluding hydrogens is 416 g/mol. The van der Waals surface area contributed by atoms with E-state index < -0.39 is 0 Å². The van der Waals surface area contributed by atoms with E-state index >= 15 is 0 Å². The average Bonchev–Trinajstić information content (AvgIpc) is 3.33. The molecule has 1 saturated carbocycles. The van der Waals surface area contributed by atoms with Gasteiger partial charge in [-0.05, 0) is 61.6 Å². The minimum absolute atomic E-state index is 0.00605. The van der Waals surface area contributed by atoms with E-state index in [1.165, 1.54) is 24.0 Å². The molecule has 6 heteroatoms. The van der Waals surface area contributed by atoms with Crippen LogP contribution >= 0.6 is 0 Å². The Hall–Kier alpha value is -3.02. The highest BCUT2D eigenvalue weighted by molar-refractivity contribution is 5.94. The lowest BCUT2D eigenvalue weighted by molar-refractivity contribution is -0.135. The van der Waals surface area contributed by atoms with Crippen molar-refractivity contribution in [3.63, 3.8) is 0 Å². The van der Waals surface area contributed by atoms with Crippen LogP contribution in [0.25, 0.3) is 0 Å². The molecule has 0 radical (unpaired) electrons. The van der Waals surface area contributed by atoms with E-state index in [1.807, 2.05) is 18.2 Å². The maximum atomic E-state index is 13.3. The molecule has 1 atom stereocenters. The molecule has 1 N–H and O–H groups in total. The molecule has 2 aromatic carbocycles. The summed E-state index contributed by atoms with van der Waals surface area (Å²) in [5.74, 6) is 1.69. The first-order valence-electron chi connectivity index (χ1n) is 12.1. The molecule has 5 rings (SSSR count). The Kier molecular flexibility index (Phi) is 6.00. The molecule has 174 valence electrons. The summed E-state index contributed by atoms with van der Waals surface area (Å²) in [4.78, 5) is 27.6. The zero-order valence-corrected chi connectivity index (χ0v) is 19.3. The SMILES string of the molecule is CC1c2cc3c(cc2C2(CCCC2)CN1C(=O)CCCNC(=O)c1ccccc1)OCCO3. The zero-order chi connectivity index (χ0) is 22.8. The van der Waals surface area contributed by atoms with Gasteiger partial charge in [0.2, 0.25) is 5.91 Å². The molecule has 1 spiro atoms. The molecular formula is C27H32N2O4. The Morgan fingerprint density at radius 1 is 1.06 bits per heavy atom. The van der Waals surface area contributed by atoms with Crippen LogP contribution in [0.1, 0.15) is 73.0 Å². The summed E-state index contributed by atoms with van der Waals surface area (Å²) in [6, 6.07) is 13.5. The van der Waals surface area contributed by atoms with Crippen LogP contribution in [-0.2, 0) is 10.2 Å². The summed E-state index contributed by atoms with van der Waals surface area (Å²) in [5, 5.41) is 2.93.